The Morgan fingerprint density at radius 3 is 2.84 bits per heavy atom. The summed E-state index contributed by atoms with van der Waals surface area (Å²) in [5, 5.41) is 6.80. The molecule has 1 fully saturated rings. The zero-order valence-corrected chi connectivity index (χ0v) is 12.9. The Balaban J connectivity index is 2.30. The fourth-order valence-electron chi connectivity index (χ4n) is 2.31. The number of nitrogens with zero attached hydrogens (tertiary/aromatic N) is 1. The minimum Gasteiger partial charge on any atom is -0.376 e. The van der Waals surface area contributed by atoms with E-state index in [0.29, 0.717) is 12.1 Å². The molecule has 0 aromatic heterocycles. The summed E-state index contributed by atoms with van der Waals surface area (Å²) in [6.07, 6.45) is 7.74. The fraction of sp³-hybridized carbons (Fsp3) is 0.933. The van der Waals surface area contributed by atoms with Crippen molar-refractivity contribution in [2.75, 3.05) is 19.7 Å². The lowest BCUT2D eigenvalue weighted by Crippen LogP contribution is -2.42. The Hall–Kier alpha value is -0.770. The highest BCUT2D eigenvalue weighted by atomic mass is 16.5. The Bertz CT molecular complexity index is 250. The zero-order valence-electron chi connectivity index (χ0n) is 12.9. The summed E-state index contributed by atoms with van der Waals surface area (Å²) in [4.78, 5) is 4.63. The van der Waals surface area contributed by atoms with Crippen LogP contribution >= 0.6 is 0 Å². The van der Waals surface area contributed by atoms with Crippen molar-refractivity contribution in [1.82, 2.24) is 10.6 Å². The number of nitrogens with one attached hydrogen (secondary N) is 2. The molecule has 0 bridgehead atoms. The first-order valence-corrected chi connectivity index (χ1v) is 7.92. The van der Waals surface area contributed by atoms with Crippen LogP contribution in [0, 0.1) is 0 Å². The molecule has 0 spiro atoms. The number of aliphatic imine (C=N–C) groups is 1. The van der Waals surface area contributed by atoms with E-state index < -0.39 is 0 Å². The second-order valence-electron chi connectivity index (χ2n) is 5.40. The van der Waals surface area contributed by atoms with E-state index in [9.17, 15) is 0 Å². The van der Waals surface area contributed by atoms with Gasteiger partial charge >= 0.3 is 0 Å². The molecule has 4 heteroatoms. The maximum absolute atomic E-state index is 5.60. The predicted octanol–water partition coefficient (Wildman–Crippen LogP) is 2.69. The highest BCUT2D eigenvalue weighted by Crippen LogP contribution is 2.11. The van der Waals surface area contributed by atoms with Crippen LogP contribution in [-0.2, 0) is 4.74 Å². The van der Waals surface area contributed by atoms with Crippen LogP contribution in [0.4, 0.5) is 0 Å². The summed E-state index contributed by atoms with van der Waals surface area (Å²) in [7, 11) is 0. The molecule has 0 aromatic carbocycles. The van der Waals surface area contributed by atoms with Crippen LogP contribution in [0.1, 0.15) is 59.3 Å². The minimum absolute atomic E-state index is 0.325. The average molecular weight is 269 g/mol. The molecular formula is C15H31N3O. The van der Waals surface area contributed by atoms with E-state index in [1.165, 1.54) is 32.1 Å². The summed E-state index contributed by atoms with van der Waals surface area (Å²) in [5.41, 5.74) is 0. The second-order valence-corrected chi connectivity index (χ2v) is 5.40. The topological polar surface area (TPSA) is 45.7 Å². The predicted molar refractivity (Wildman–Crippen MR) is 81.7 cm³/mol. The fourth-order valence-corrected chi connectivity index (χ4v) is 2.31. The smallest absolute Gasteiger partial charge is 0.191 e. The molecule has 1 aliphatic heterocycles. The highest BCUT2D eigenvalue weighted by Gasteiger charge is 2.15. The molecule has 2 unspecified atom stereocenters. The second kappa shape index (κ2) is 10.1. The third-order valence-electron chi connectivity index (χ3n) is 3.45. The summed E-state index contributed by atoms with van der Waals surface area (Å²) < 4.78 is 5.60. The molecule has 2 N–H and O–H groups in total. The average Bonchev–Trinajstić information content (AvgIpc) is 2.89. The quantitative estimate of drug-likeness (QED) is 0.404. The van der Waals surface area contributed by atoms with Crippen molar-refractivity contribution in [2.24, 2.45) is 4.99 Å². The van der Waals surface area contributed by atoms with Crippen molar-refractivity contribution < 1.29 is 4.74 Å². The van der Waals surface area contributed by atoms with Crippen LogP contribution in [0.2, 0.25) is 0 Å². The van der Waals surface area contributed by atoms with Gasteiger partial charge in [-0.1, -0.05) is 26.2 Å². The summed E-state index contributed by atoms with van der Waals surface area (Å²) in [6.45, 7) is 9.15. The molecule has 2 atom stereocenters. The molecule has 0 aliphatic carbocycles. The van der Waals surface area contributed by atoms with Crippen LogP contribution < -0.4 is 10.6 Å². The summed E-state index contributed by atoms with van der Waals surface area (Å²) >= 11 is 0. The van der Waals surface area contributed by atoms with Crippen molar-refractivity contribution >= 4 is 5.96 Å². The van der Waals surface area contributed by atoms with E-state index in [0.717, 1.165) is 32.1 Å². The zero-order chi connectivity index (χ0) is 13.9. The monoisotopic (exact) mass is 269 g/mol. The molecule has 0 aromatic rings. The molecule has 112 valence electrons. The maximum Gasteiger partial charge on any atom is 0.191 e. The van der Waals surface area contributed by atoms with Crippen molar-refractivity contribution in [3.8, 4) is 0 Å². The number of rotatable bonds is 8. The van der Waals surface area contributed by atoms with Gasteiger partial charge in [-0.2, -0.15) is 0 Å². The summed E-state index contributed by atoms with van der Waals surface area (Å²) in [5.74, 6) is 0.932. The molecule has 4 nitrogen and oxygen atoms in total. The van der Waals surface area contributed by atoms with E-state index in [1.54, 1.807) is 0 Å². The number of hydrogen-bond donors (Lipinski definition) is 2. The van der Waals surface area contributed by atoms with Gasteiger partial charge in [-0.05, 0) is 33.1 Å². The standard InChI is InChI=1S/C15H31N3O/c1-4-6-7-9-13(3)18-15(16-5-2)17-12-14-10-8-11-19-14/h13-14H,4-12H2,1-3H3,(H2,16,17,18). The van der Waals surface area contributed by atoms with Crippen molar-refractivity contribution in [1.29, 1.82) is 0 Å². The van der Waals surface area contributed by atoms with Crippen molar-refractivity contribution in [3.05, 3.63) is 0 Å². The normalized spacial score (nSPS) is 21.4. The van der Waals surface area contributed by atoms with Gasteiger partial charge in [0, 0.05) is 19.2 Å². The van der Waals surface area contributed by atoms with Gasteiger partial charge in [-0.25, -0.2) is 0 Å². The van der Waals surface area contributed by atoms with E-state index in [-0.39, 0.29) is 0 Å². The van der Waals surface area contributed by atoms with Gasteiger partial charge in [0.2, 0.25) is 0 Å². The lowest BCUT2D eigenvalue weighted by molar-refractivity contribution is 0.117. The lowest BCUT2D eigenvalue weighted by Gasteiger charge is -2.18. The molecule has 1 aliphatic rings. The van der Waals surface area contributed by atoms with E-state index >= 15 is 0 Å². The molecular weight excluding hydrogens is 238 g/mol. The summed E-state index contributed by atoms with van der Waals surface area (Å²) in [6, 6.07) is 0.480. The molecule has 19 heavy (non-hydrogen) atoms. The third-order valence-corrected chi connectivity index (χ3v) is 3.45. The highest BCUT2D eigenvalue weighted by molar-refractivity contribution is 5.80. The number of unbranched alkanes of at least 4 members (excludes halogenated alkanes) is 2. The van der Waals surface area contributed by atoms with Gasteiger partial charge in [-0.15, -0.1) is 0 Å². The SMILES string of the molecule is CCCCCC(C)NC(=NCC1CCCO1)NCC. The first kappa shape index (κ1) is 16.3. The molecule has 0 saturated carbocycles. The third kappa shape index (κ3) is 7.41. The van der Waals surface area contributed by atoms with Gasteiger partial charge in [0.1, 0.15) is 0 Å². The number of hydrogen-bond acceptors (Lipinski definition) is 2. The molecule has 1 heterocycles. The number of guanidine groups is 1. The van der Waals surface area contributed by atoms with Gasteiger partial charge < -0.3 is 15.4 Å². The Labute approximate surface area is 118 Å². The molecule has 0 radical (unpaired) electrons. The van der Waals surface area contributed by atoms with Gasteiger partial charge in [0.25, 0.3) is 0 Å². The first-order valence-electron chi connectivity index (χ1n) is 7.92. The van der Waals surface area contributed by atoms with Crippen molar-refractivity contribution in [2.45, 2.75) is 71.4 Å². The van der Waals surface area contributed by atoms with E-state index in [2.05, 4.69) is 36.4 Å². The maximum atomic E-state index is 5.60. The van der Waals surface area contributed by atoms with Gasteiger partial charge in [0.15, 0.2) is 5.96 Å². The number of ether oxygens (including phenoxy) is 1. The first-order chi connectivity index (χ1) is 9.26. The molecule has 0 amide bonds. The molecule has 1 rings (SSSR count). The van der Waals surface area contributed by atoms with Crippen LogP contribution in [0.3, 0.4) is 0 Å². The Morgan fingerprint density at radius 1 is 1.37 bits per heavy atom. The van der Waals surface area contributed by atoms with Crippen LogP contribution in [0.5, 0.6) is 0 Å². The van der Waals surface area contributed by atoms with Crippen LogP contribution in [0.15, 0.2) is 4.99 Å². The Morgan fingerprint density at radius 2 is 2.21 bits per heavy atom. The largest absolute Gasteiger partial charge is 0.376 e. The molecule has 1 saturated heterocycles. The van der Waals surface area contributed by atoms with Crippen molar-refractivity contribution in [3.63, 3.8) is 0 Å². The van der Waals surface area contributed by atoms with E-state index in [4.69, 9.17) is 4.74 Å². The van der Waals surface area contributed by atoms with Gasteiger partial charge in [-0.3, -0.25) is 4.99 Å². The Kier molecular flexibility index (Phi) is 8.63. The van der Waals surface area contributed by atoms with E-state index in [1.807, 2.05) is 0 Å². The lowest BCUT2D eigenvalue weighted by atomic mass is 10.1. The van der Waals surface area contributed by atoms with Crippen LogP contribution in [-0.4, -0.2) is 37.8 Å². The van der Waals surface area contributed by atoms with Crippen LogP contribution in [0.25, 0.3) is 0 Å². The minimum atomic E-state index is 0.325. The van der Waals surface area contributed by atoms with Gasteiger partial charge in [0.05, 0.1) is 12.6 Å².